The van der Waals surface area contributed by atoms with E-state index in [1.165, 1.54) is 0 Å². The van der Waals surface area contributed by atoms with Crippen molar-refractivity contribution < 1.29 is 13.8 Å². The lowest BCUT2D eigenvalue weighted by molar-refractivity contribution is 0.254. The Morgan fingerprint density at radius 1 is 1.22 bits per heavy atom. The van der Waals surface area contributed by atoms with Gasteiger partial charge in [-0.2, -0.15) is 0 Å². The van der Waals surface area contributed by atoms with E-state index in [-0.39, 0.29) is 0 Å². The summed E-state index contributed by atoms with van der Waals surface area (Å²) in [6.07, 6.45) is 0. The van der Waals surface area contributed by atoms with E-state index in [9.17, 15) is 0 Å². The first-order valence-corrected chi connectivity index (χ1v) is 7.23. The second-order valence-electron chi connectivity index (χ2n) is 5.10. The minimum absolute atomic E-state index is 0.408. The molecule has 122 valence electrons. The van der Waals surface area contributed by atoms with Crippen molar-refractivity contribution in [3.63, 3.8) is 0 Å². The van der Waals surface area contributed by atoms with Gasteiger partial charge in [-0.1, -0.05) is 5.16 Å². The zero-order valence-corrected chi connectivity index (χ0v) is 13.2. The molecule has 0 spiro atoms. The second kappa shape index (κ2) is 6.61. The van der Waals surface area contributed by atoms with Crippen molar-refractivity contribution in [2.24, 2.45) is 7.05 Å². The van der Waals surface area contributed by atoms with Crippen LogP contribution in [0.4, 0.5) is 0 Å². The maximum absolute atomic E-state index is 5.65. The van der Waals surface area contributed by atoms with Crippen LogP contribution in [0.25, 0.3) is 11.6 Å². The number of nitrogens with one attached hydrogen (secondary N) is 1. The molecule has 3 heterocycles. The summed E-state index contributed by atoms with van der Waals surface area (Å²) in [6, 6.07) is 3.97. The van der Waals surface area contributed by atoms with Gasteiger partial charge in [0, 0.05) is 19.3 Å². The van der Waals surface area contributed by atoms with Gasteiger partial charge in [-0.05, 0) is 31.1 Å². The molecule has 0 radical (unpaired) electrons. The molecule has 0 saturated heterocycles. The predicted octanol–water partition coefficient (Wildman–Crippen LogP) is 1.24. The highest BCUT2D eigenvalue weighted by atomic mass is 16.6. The highest BCUT2D eigenvalue weighted by Crippen LogP contribution is 2.19. The molecular formula is C14H18N6O3. The molecule has 9 heteroatoms. The largest absolute Gasteiger partial charge is 0.473 e. The molecule has 23 heavy (non-hydrogen) atoms. The van der Waals surface area contributed by atoms with Crippen LogP contribution in [0, 0.1) is 13.8 Å². The van der Waals surface area contributed by atoms with Gasteiger partial charge in [-0.15, -0.1) is 10.2 Å². The van der Waals surface area contributed by atoms with E-state index >= 15 is 0 Å². The van der Waals surface area contributed by atoms with Crippen molar-refractivity contribution in [2.45, 2.75) is 20.4 Å². The third kappa shape index (κ3) is 3.39. The first-order chi connectivity index (χ1) is 11.1. The van der Waals surface area contributed by atoms with Gasteiger partial charge in [-0.3, -0.25) is 0 Å². The fourth-order valence-corrected chi connectivity index (χ4v) is 2.03. The Kier molecular flexibility index (Phi) is 4.38. The van der Waals surface area contributed by atoms with Gasteiger partial charge in [0.25, 0.3) is 11.8 Å². The van der Waals surface area contributed by atoms with Crippen molar-refractivity contribution in [2.75, 3.05) is 13.2 Å². The number of nitrogens with zero attached hydrogens (tertiary/aromatic N) is 5. The molecule has 0 aromatic carbocycles. The van der Waals surface area contributed by atoms with Crippen LogP contribution in [0.5, 0.6) is 5.88 Å². The van der Waals surface area contributed by atoms with Crippen LogP contribution in [0.3, 0.4) is 0 Å². The minimum Gasteiger partial charge on any atom is -0.473 e. The average molecular weight is 318 g/mol. The van der Waals surface area contributed by atoms with Crippen molar-refractivity contribution in [1.82, 2.24) is 30.4 Å². The monoisotopic (exact) mass is 318 g/mol. The number of hydrogen-bond acceptors (Lipinski definition) is 8. The summed E-state index contributed by atoms with van der Waals surface area (Å²) in [5.74, 6) is 1.45. The smallest absolute Gasteiger partial charge is 0.278 e. The van der Waals surface area contributed by atoms with E-state index in [1.807, 2.05) is 30.7 Å². The van der Waals surface area contributed by atoms with Gasteiger partial charge >= 0.3 is 0 Å². The van der Waals surface area contributed by atoms with Gasteiger partial charge in [0.15, 0.2) is 0 Å². The van der Waals surface area contributed by atoms with E-state index < -0.39 is 0 Å². The maximum atomic E-state index is 5.65. The van der Waals surface area contributed by atoms with Crippen LogP contribution < -0.4 is 10.1 Å². The lowest BCUT2D eigenvalue weighted by Crippen LogP contribution is -2.21. The number of aryl methyl sites for hydroxylation is 2. The molecule has 9 nitrogen and oxygen atoms in total. The van der Waals surface area contributed by atoms with Crippen LogP contribution in [-0.4, -0.2) is 38.2 Å². The average Bonchev–Trinajstić information content (AvgIpc) is 3.23. The first kappa shape index (κ1) is 15.2. The molecule has 0 aliphatic heterocycles. The zero-order chi connectivity index (χ0) is 16.2. The summed E-state index contributed by atoms with van der Waals surface area (Å²) in [6.45, 7) is 5.30. The van der Waals surface area contributed by atoms with Gasteiger partial charge in [0.1, 0.15) is 18.0 Å². The molecular weight excluding hydrogens is 300 g/mol. The standard InChI is InChI=1S/C14H18N6O3/c1-9-4-5-11(20(9)3)14-17-16-12(22-14)8-15-6-7-21-13-10(2)18-23-19-13/h4-5,15H,6-8H2,1-3H3. The molecule has 0 unspecified atom stereocenters. The van der Waals surface area contributed by atoms with Crippen molar-refractivity contribution in [1.29, 1.82) is 0 Å². The highest BCUT2D eigenvalue weighted by Gasteiger charge is 2.12. The Morgan fingerprint density at radius 2 is 2.09 bits per heavy atom. The summed E-state index contributed by atoms with van der Waals surface area (Å²) >= 11 is 0. The predicted molar refractivity (Wildman–Crippen MR) is 79.7 cm³/mol. The maximum Gasteiger partial charge on any atom is 0.278 e. The van der Waals surface area contributed by atoms with Crippen molar-refractivity contribution in [3.05, 3.63) is 29.4 Å². The molecule has 0 atom stereocenters. The van der Waals surface area contributed by atoms with Crippen LogP contribution in [0.2, 0.25) is 0 Å². The van der Waals surface area contributed by atoms with E-state index in [4.69, 9.17) is 9.15 Å². The normalized spacial score (nSPS) is 11.1. The fraction of sp³-hybridized carbons (Fsp3) is 0.429. The SMILES string of the molecule is Cc1nonc1OCCNCc1nnc(-c2ccc(C)n2C)o1. The van der Waals surface area contributed by atoms with Gasteiger partial charge < -0.3 is 19.0 Å². The summed E-state index contributed by atoms with van der Waals surface area (Å²) in [4.78, 5) is 0. The quantitative estimate of drug-likeness (QED) is 0.649. The lowest BCUT2D eigenvalue weighted by Gasteiger charge is -2.03. The Bertz CT molecular complexity index is 775. The zero-order valence-electron chi connectivity index (χ0n) is 13.2. The number of ether oxygens (including phenoxy) is 1. The minimum atomic E-state index is 0.408. The molecule has 3 aromatic rings. The summed E-state index contributed by atoms with van der Waals surface area (Å²) < 4.78 is 17.6. The Hall–Kier alpha value is -2.68. The molecule has 3 aromatic heterocycles. The highest BCUT2D eigenvalue weighted by molar-refractivity contribution is 5.48. The first-order valence-electron chi connectivity index (χ1n) is 7.23. The lowest BCUT2D eigenvalue weighted by atomic mass is 10.4. The molecule has 0 aliphatic rings. The Morgan fingerprint density at radius 3 is 2.78 bits per heavy atom. The van der Waals surface area contributed by atoms with Crippen LogP contribution in [0.1, 0.15) is 17.3 Å². The second-order valence-corrected chi connectivity index (χ2v) is 5.10. The number of hydrogen-bond donors (Lipinski definition) is 1. The fourth-order valence-electron chi connectivity index (χ4n) is 2.03. The van der Waals surface area contributed by atoms with E-state index in [0.717, 1.165) is 11.4 Å². The van der Waals surface area contributed by atoms with E-state index in [0.29, 0.717) is 43.1 Å². The molecule has 0 amide bonds. The third-order valence-electron chi connectivity index (χ3n) is 3.46. The van der Waals surface area contributed by atoms with Gasteiger partial charge in [-0.25, -0.2) is 4.63 Å². The van der Waals surface area contributed by atoms with Crippen LogP contribution >= 0.6 is 0 Å². The summed E-state index contributed by atoms with van der Waals surface area (Å²) in [7, 11) is 1.96. The van der Waals surface area contributed by atoms with E-state index in [2.05, 4.69) is 30.5 Å². The number of aromatic nitrogens is 5. The van der Waals surface area contributed by atoms with E-state index in [1.54, 1.807) is 6.92 Å². The topological polar surface area (TPSA) is 104 Å². The molecule has 0 aliphatic carbocycles. The molecule has 3 rings (SSSR count). The molecule has 0 saturated carbocycles. The Balaban J connectivity index is 1.46. The molecule has 1 N–H and O–H groups in total. The summed E-state index contributed by atoms with van der Waals surface area (Å²) in [5, 5.41) is 18.5. The van der Waals surface area contributed by atoms with Crippen LogP contribution in [0.15, 0.2) is 21.2 Å². The number of rotatable bonds is 7. The summed E-state index contributed by atoms with van der Waals surface area (Å²) in [5.41, 5.74) is 2.66. The van der Waals surface area contributed by atoms with Gasteiger partial charge in [0.2, 0.25) is 5.89 Å². The molecule has 0 bridgehead atoms. The van der Waals surface area contributed by atoms with Crippen molar-refractivity contribution in [3.8, 4) is 17.5 Å². The third-order valence-corrected chi connectivity index (χ3v) is 3.46. The Labute approximate surface area is 132 Å². The molecule has 0 fully saturated rings. The van der Waals surface area contributed by atoms with Crippen LogP contribution in [-0.2, 0) is 13.6 Å². The van der Waals surface area contributed by atoms with Crippen molar-refractivity contribution >= 4 is 0 Å². The van der Waals surface area contributed by atoms with Gasteiger partial charge in [0.05, 0.1) is 6.54 Å².